The number of hydrogen-bond acceptors (Lipinski definition) is 5. The van der Waals surface area contributed by atoms with Gasteiger partial charge in [0.05, 0.1) is 0 Å². The molecule has 0 bridgehead atoms. The fraction of sp³-hybridized carbons (Fsp3) is 0.448. The van der Waals surface area contributed by atoms with E-state index in [1.807, 2.05) is 0 Å². The predicted octanol–water partition coefficient (Wildman–Crippen LogP) is 4.74. The molecule has 1 fully saturated rings. The lowest BCUT2D eigenvalue weighted by Crippen LogP contribution is -2.43. The van der Waals surface area contributed by atoms with Crippen LogP contribution in [0.3, 0.4) is 0 Å². The van der Waals surface area contributed by atoms with E-state index in [2.05, 4.69) is 65.7 Å². The summed E-state index contributed by atoms with van der Waals surface area (Å²) in [5.74, 6) is 2.65. The van der Waals surface area contributed by atoms with Crippen LogP contribution in [0.1, 0.15) is 72.3 Å². The maximum atomic E-state index is 6.28. The van der Waals surface area contributed by atoms with Gasteiger partial charge in [-0.05, 0) is 73.9 Å². The van der Waals surface area contributed by atoms with E-state index < -0.39 is 0 Å². The predicted molar refractivity (Wildman–Crippen MR) is 138 cm³/mol. The minimum atomic E-state index is 0.147. The third-order valence-corrected chi connectivity index (χ3v) is 8.33. The van der Waals surface area contributed by atoms with Crippen LogP contribution in [0, 0.1) is 0 Å². The molecule has 5 nitrogen and oxygen atoms in total. The SMILES string of the molecule is CC[C@@H]1CCc2nc(Cc3ccccc3)nc(N3CC4(CCNCC4)c4c(CN)cccc43)c21. The molecule has 1 saturated heterocycles. The van der Waals surface area contributed by atoms with Crippen LogP contribution in [0.15, 0.2) is 48.5 Å². The molecule has 1 spiro atoms. The van der Waals surface area contributed by atoms with Crippen LogP contribution in [0.2, 0.25) is 0 Å². The van der Waals surface area contributed by atoms with E-state index >= 15 is 0 Å². The number of benzene rings is 2. The topological polar surface area (TPSA) is 67.1 Å². The maximum absolute atomic E-state index is 6.28. The van der Waals surface area contributed by atoms with Crippen LogP contribution in [0.5, 0.6) is 0 Å². The average molecular weight is 454 g/mol. The van der Waals surface area contributed by atoms with Crippen LogP contribution in [-0.2, 0) is 24.8 Å². The summed E-state index contributed by atoms with van der Waals surface area (Å²) in [6.45, 7) is 6.01. The summed E-state index contributed by atoms with van der Waals surface area (Å²) >= 11 is 0. The van der Waals surface area contributed by atoms with E-state index in [-0.39, 0.29) is 5.41 Å². The molecule has 5 heteroatoms. The molecule has 34 heavy (non-hydrogen) atoms. The fourth-order valence-electron chi connectivity index (χ4n) is 6.65. The Morgan fingerprint density at radius 1 is 1.06 bits per heavy atom. The quantitative estimate of drug-likeness (QED) is 0.584. The number of fused-ring (bicyclic) bond motifs is 3. The van der Waals surface area contributed by atoms with Crippen molar-refractivity contribution in [3.05, 3.63) is 82.3 Å². The van der Waals surface area contributed by atoms with Gasteiger partial charge in [-0.2, -0.15) is 0 Å². The van der Waals surface area contributed by atoms with Crippen LogP contribution in [0.4, 0.5) is 11.5 Å². The Hall–Kier alpha value is -2.76. The monoisotopic (exact) mass is 453 g/mol. The molecule has 2 aliphatic heterocycles. The van der Waals surface area contributed by atoms with Gasteiger partial charge in [-0.1, -0.05) is 49.4 Å². The normalized spacial score (nSPS) is 20.5. The lowest BCUT2D eigenvalue weighted by molar-refractivity contribution is 0.327. The van der Waals surface area contributed by atoms with Crippen molar-refractivity contribution in [3.8, 4) is 0 Å². The Morgan fingerprint density at radius 2 is 1.88 bits per heavy atom. The molecule has 0 unspecified atom stereocenters. The molecule has 1 aliphatic carbocycles. The van der Waals surface area contributed by atoms with E-state index in [0.717, 1.165) is 63.4 Å². The molecule has 176 valence electrons. The standard InChI is InChI=1S/C29H35N5/c1-2-21-11-12-23-26(21)28(33-25(32-23)17-20-7-4-3-5-8-20)34-19-29(13-15-31-16-14-29)27-22(18-30)9-6-10-24(27)34/h3-10,21,31H,2,11-19,30H2,1H3/t21-/m1/s1. The highest BCUT2D eigenvalue weighted by molar-refractivity contribution is 5.75. The molecule has 3 aliphatic rings. The van der Waals surface area contributed by atoms with Crippen molar-refractivity contribution >= 4 is 11.5 Å². The Morgan fingerprint density at radius 3 is 2.65 bits per heavy atom. The number of nitrogens with one attached hydrogen (secondary N) is 1. The van der Waals surface area contributed by atoms with Gasteiger partial charge in [0, 0.05) is 41.9 Å². The highest BCUT2D eigenvalue weighted by Gasteiger charge is 2.46. The molecule has 2 aromatic carbocycles. The Balaban J connectivity index is 1.50. The fourth-order valence-corrected chi connectivity index (χ4v) is 6.65. The first kappa shape index (κ1) is 21.8. The molecule has 3 N–H and O–H groups in total. The minimum Gasteiger partial charge on any atom is -0.326 e. The van der Waals surface area contributed by atoms with E-state index in [1.54, 1.807) is 0 Å². The van der Waals surface area contributed by atoms with Gasteiger partial charge >= 0.3 is 0 Å². The smallest absolute Gasteiger partial charge is 0.140 e. The van der Waals surface area contributed by atoms with Crippen LogP contribution >= 0.6 is 0 Å². The van der Waals surface area contributed by atoms with Gasteiger partial charge in [0.25, 0.3) is 0 Å². The number of hydrogen-bond donors (Lipinski definition) is 2. The molecule has 1 atom stereocenters. The number of nitrogens with zero attached hydrogens (tertiary/aromatic N) is 3. The summed E-state index contributed by atoms with van der Waals surface area (Å²) in [6.07, 6.45) is 6.45. The number of aromatic nitrogens is 2. The van der Waals surface area contributed by atoms with Gasteiger partial charge in [-0.25, -0.2) is 9.97 Å². The second-order valence-corrected chi connectivity index (χ2v) is 10.3. The maximum Gasteiger partial charge on any atom is 0.140 e. The summed E-state index contributed by atoms with van der Waals surface area (Å²) in [7, 11) is 0. The molecule has 0 saturated carbocycles. The summed E-state index contributed by atoms with van der Waals surface area (Å²) in [5.41, 5.74) is 14.4. The first-order chi connectivity index (χ1) is 16.7. The number of piperidine rings is 1. The molecular formula is C29H35N5. The highest BCUT2D eigenvalue weighted by Crippen LogP contribution is 2.52. The van der Waals surface area contributed by atoms with Crippen molar-refractivity contribution in [3.63, 3.8) is 0 Å². The lowest BCUT2D eigenvalue weighted by Gasteiger charge is -2.36. The van der Waals surface area contributed by atoms with Crippen molar-refractivity contribution in [2.24, 2.45) is 5.73 Å². The van der Waals surface area contributed by atoms with Crippen molar-refractivity contribution < 1.29 is 0 Å². The molecule has 3 heterocycles. The van der Waals surface area contributed by atoms with Crippen molar-refractivity contribution in [2.75, 3.05) is 24.5 Å². The third-order valence-electron chi connectivity index (χ3n) is 8.33. The molecule has 6 rings (SSSR count). The molecule has 1 aromatic heterocycles. The summed E-state index contributed by atoms with van der Waals surface area (Å²) in [5, 5.41) is 3.58. The second-order valence-electron chi connectivity index (χ2n) is 10.3. The first-order valence-corrected chi connectivity index (χ1v) is 13.0. The number of aryl methyl sites for hydroxylation is 1. The average Bonchev–Trinajstić information content (AvgIpc) is 3.44. The van der Waals surface area contributed by atoms with E-state index in [0.29, 0.717) is 12.5 Å². The molecular weight excluding hydrogens is 418 g/mol. The zero-order valence-electron chi connectivity index (χ0n) is 20.2. The van der Waals surface area contributed by atoms with Crippen molar-refractivity contribution in [1.29, 1.82) is 0 Å². The first-order valence-electron chi connectivity index (χ1n) is 13.0. The van der Waals surface area contributed by atoms with Gasteiger partial charge in [0.15, 0.2) is 0 Å². The molecule has 0 radical (unpaired) electrons. The summed E-state index contributed by atoms with van der Waals surface area (Å²) in [6, 6.07) is 17.3. The van der Waals surface area contributed by atoms with E-state index in [9.17, 15) is 0 Å². The zero-order chi connectivity index (χ0) is 23.1. The Bertz CT molecular complexity index is 1180. The Kier molecular flexibility index (Phi) is 5.62. The lowest BCUT2D eigenvalue weighted by atomic mass is 9.73. The zero-order valence-corrected chi connectivity index (χ0v) is 20.2. The largest absolute Gasteiger partial charge is 0.326 e. The van der Waals surface area contributed by atoms with Gasteiger partial charge < -0.3 is 16.0 Å². The summed E-state index contributed by atoms with van der Waals surface area (Å²) in [4.78, 5) is 13.0. The van der Waals surface area contributed by atoms with Crippen molar-refractivity contribution in [1.82, 2.24) is 15.3 Å². The number of anilines is 2. The van der Waals surface area contributed by atoms with E-state index in [4.69, 9.17) is 15.7 Å². The summed E-state index contributed by atoms with van der Waals surface area (Å²) < 4.78 is 0. The van der Waals surface area contributed by atoms with Gasteiger partial charge in [0.1, 0.15) is 11.6 Å². The van der Waals surface area contributed by atoms with Gasteiger partial charge in [0.2, 0.25) is 0 Å². The number of nitrogens with two attached hydrogens (primary N) is 1. The van der Waals surface area contributed by atoms with Gasteiger partial charge in [-0.15, -0.1) is 0 Å². The molecule has 3 aromatic rings. The van der Waals surface area contributed by atoms with Crippen LogP contribution in [0.25, 0.3) is 0 Å². The van der Waals surface area contributed by atoms with Gasteiger partial charge in [-0.3, -0.25) is 0 Å². The van der Waals surface area contributed by atoms with E-state index in [1.165, 1.54) is 40.1 Å². The Labute approximate surface area is 202 Å². The highest BCUT2D eigenvalue weighted by atomic mass is 15.2. The minimum absolute atomic E-state index is 0.147. The second kappa shape index (κ2) is 8.79. The number of rotatable bonds is 5. The van der Waals surface area contributed by atoms with Crippen LogP contribution < -0.4 is 16.0 Å². The third kappa shape index (κ3) is 3.53. The molecule has 0 amide bonds. The van der Waals surface area contributed by atoms with Crippen molar-refractivity contribution in [2.45, 2.75) is 63.3 Å². The van der Waals surface area contributed by atoms with Crippen LogP contribution in [-0.4, -0.2) is 29.6 Å².